The summed E-state index contributed by atoms with van der Waals surface area (Å²) in [6.45, 7) is 0.899. The molecule has 0 unspecified atom stereocenters. The zero-order chi connectivity index (χ0) is 14.9. The van der Waals surface area contributed by atoms with Crippen LogP contribution in [0.4, 0.5) is 13.2 Å². The molecule has 1 fully saturated rings. The van der Waals surface area contributed by atoms with E-state index in [4.69, 9.17) is 4.52 Å². The van der Waals surface area contributed by atoms with Gasteiger partial charge in [0, 0.05) is 6.20 Å². The van der Waals surface area contributed by atoms with Crippen LogP contribution in [0.2, 0.25) is 0 Å². The molecule has 1 aliphatic rings. The molecule has 0 aromatic carbocycles. The van der Waals surface area contributed by atoms with Gasteiger partial charge in [-0.3, -0.25) is 4.98 Å². The van der Waals surface area contributed by atoms with Crippen molar-refractivity contribution in [1.82, 2.24) is 20.4 Å². The van der Waals surface area contributed by atoms with E-state index in [-0.39, 0.29) is 11.9 Å². The lowest BCUT2D eigenvalue weighted by Gasteiger charge is -2.19. The molecule has 1 aliphatic heterocycles. The number of nitrogens with one attached hydrogen (secondary N) is 1. The topological polar surface area (TPSA) is 63.8 Å². The fraction of sp³-hybridized carbons (Fsp3) is 0.462. The molecule has 2 aromatic rings. The standard InChI is InChI=1S/C13H13F3N4O/c14-13(15,16)10-5-4-8(7-18-10)12-19-11(20-21-12)9-3-1-2-6-17-9/h4-5,7,9,17H,1-3,6H2/t9-/m1/s1. The quantitative estimate of drug-likeness (QED) is 0.923. The first kappa shape index (κ1) is 14.0. The first-order valence-electron chi connectivity index (χ1n) is 6.64. The lowest BCUT2D eigenvalue weighted by Crippen LogP contribution is -2.27. The first-order valence-corrected chi connectivity index (χ1v) is 6.64. The van der Waals surface area contributed by atoms with Crippen LogP contribution in [-0.2, 0) is 6.18 Å². The lowest BCUT2D eigenvalue weighted by molar-refractivity contribution is -0.141. The van der Waals surface area contributed by atoms with Gasteiger partial charge < -0.3 is 9.84 Å². The summed E-state index contributed by atoms with van der Waals surface area (Å²) in [7, 11) is 0. The molecule has 21 heavy (non-hydrogen) atoms. The summed E-state index contributed by atoms with van der Waals surface area (Å²) in [4.78, 5) is 7.61. The number of pyridine rings is 1. The average molecular weight is 298 g/mol. The van der Waals surface area contributed by atoms with Gasteiger partial charge in [-0.05, 0) is 31.5 Å². The fourth-order valence-electron chi connectivity index (χ4n) is 2.25. The van der Waals surface area contributed by atoms with Gasteiger partial charge >= 0.3 is 6.18 Å². The number of halogens is 3. The van der Waals surface area contributed by atoms with Gasteiger partial charge in [-0.2, -0.15) is 18.2 Å². The highest BCUT2D eigenvalue weighted by atomic mass is 19.4. The number of hydrogen-bond donors (Lipinski definition) is 1. The minimum atomic E-state index is -4.45. The number of aromatic nitrogens is 3. The number of hydrogen-bond acceptors (Lipinski definition) is 5. The second kappa shape index (κ2) is 5.44. The predicted octanol–water partition coefficient (Wildman–Crippen LogP) is 2.97. The van der Waals surface area contributed by atoms with Gasteiger partial charge in [0.1, 0.15) is 5.69 Å². The van der Waals surface area contributed by atoms with Crippen molar-refractivity contribution < 1.29 is 17.7 Å². The van der Waals surface area contributed by atoms with Crippen molar-refractivity contribution in [3.63, 3.8) is 0 Å². The van der Waals surface area contributed by atoms with Crippen LogP contribution in [0, 0.1) is 0 Å². The van der Waals surface area contributed by atoms with Crippen molar-refractivity contribution in [2.45, 2.75) is 31.5 Å². The lowest BCUT2D eigenvalue weighted by atomic mass is 10.0. The molecule has 112 valence electrons. The Morgan fingerprint density at radius 3 is 2.71 bits per heavy atom. The molecule has 0 bridgehead atoms. The third-order valence-electron chi connectivity index (χ3n) is 3.36. The minimum Gasteiger partial charge on any atom is -0.334 e. The zero-order valence-corrected chi connectivity index (χ0v) is 11.0. The van der Waals surface area contributed by atoms with Gasteiger partial charge in [0.15, 0.2) is 5.82 Å². The van der Waals surface area contributed by atoms with E-state index < -0.39 is 11.9 Å². The maximum absolute atomic E-state index is 12.4. The van der Waals surface area contributed by atoms with Gasteiger partial charge in [-0.25, -0.2) is 0 Å². The highest BCUT2D eigenvalue weighted by molar-refractivity contribution is 5.51. The van der Waals surface area contributed by atoms with E-state index in [1.807, 2.05) is 0 Å². The van der Waals surface area contributed by atoms with Crippen molar-refractivity contribution in [3.8, 4) is 11.5 Å². The van der Waals surface area contributed by atoms with Crippen LogP contribution in [0.1, 0.15) is 36.8 Å². The normalized spacial score (nSPS) is 19.7. The Hall–Kier alpha value is -1.96. The second-order valence-electron chi connectivity index (χ2n) is 4.89. The summed E-state index contributed by atoms with van der Waals surface area (Å²) >= 11 is 0. The third-order valence-corrected chi connectivity index (χ3v) is 3.36. The molecule has 0 amide bonds. The van der Waals surface area contributed by atoms with E-state index in [2.05, 4.69) is 20.4 Å². The molecule has 3 rings (SSSR count). The minimum absolute atomic E-state index is 0.0404. The van der Waals surface area contributed by atoms with Crippen molar-refractivity contribution in [2.24, 2.45) is 0 Å². The van der Waals surface area contributed by atoms with Gasteiger partial charge in [-0.15, -0.1) is 0 Å². The molecule has 1 saturated heterocycles. The van der Waals surface area contributed by atoms with E-state index in [0.717, 1.165) is 38.1 Å². The Labute approximate surface area is 118 Å². The molecule has 3 heterocycles. The summed E-state index contributed by atoms with van der Waals surface area (Å²) in [6.07, 6.45) is -0.239. The predicted molar refractivity (Wildman–Crippen MR) is 67.1 cm³/mol. The van der Waals surface area contributed by atoms with Gasteiger partial charge in [0.05, 0.1) is 11.6 Å². The summed E-state index contributed by atoms with van der Waals surface area (Å²) in [5.41, 5.74) is -0.572. The molecular weight excluding hydrogens is 285 g/mol. The van der Waals surface area contributed by atoms with Gasteiger partial charge in [-0.1, -0.05) is 11.6 Å². The largest absolute Gasteiger partial charge is 0.433 e. The Balaban J connectivity index is 1.79. The van der Waals surface area contributed by atoms with Crippen LogP contribution >= 0.6 is 0 Å². The van der Waals surface area contributed by atoms with E-state index >= 15 is 0 Å². The Morgan fingerprint density at radius 1 is 1.24 bits per heavy atom. The van der Waals surface area contributed by atoms with Crippen LogP contribution in [0.25, 0.3) is 11.5 Å². The van der Waals surface area contributed by atoms with Crippen LogP contribution < -0.4 is 5.32 Å². The Morgan fingerprint density at radius 2 is 2.10 bits per heavy atom. The smallest absolute Gasteiger partial charge is 0.334 e. The molecule has 0 aliphatic carbocycles. The fourth-order valence-corrected chi connectivity index (χ4v) is 2.25. The highest BCUT2D eigenvalue weighted by Crippen LogP contribution is 2.29. The molecule has 0 spiro atoms. The van der Waals surface area contributed by atoms with Gasteiger partial charge in [0.25, 0.3) is 5.89 Å². The molecule has 1 N–H and O–H groups in total. The average Bonchev–Trinajstić information content (AvgIpc) is 2.97. The monoisotopic (exact) mass is 298 g/mol. The molecule has 1 atom stereocenters. The number of piperidine rings is 1. The first-order chi connectivity index (χ1) is 10.0. The van der Waals surface area contributed by atoms with Crippen LogP contribution in [-0.4, -0.2) is 21.7 Å². The van der Waals surface area contributed by atoms with Crippen molar-refractivity contribution in [2.75, 3.05) is 6.54 Å². The molecular formula is C13H13F3N4O. The zero-order valence-electron chi connectivity index (χ0n) is 11.0. The number of nitrogens with zero attached hydrogens (tertiary/aromatic N) is 3. The summed E-state index contributed by atoms with van der Waals surface area (Å²) in [5.74, 6) is 0.711. The Bertz CT molecular complexity index is 603. The van der Waals surface area contributed by atoms with E-state index in [9.17, 15) is 13.2 Å². The van der Waals surface area contributed by atoms with Crippen LogP contribution in [0.5, 0.6) is 0 Å². The van der Waals surface area contributed by atoms with E-state index in [1.165, 1.54) is 6.07 Å². The molecule has 0 radical (unpaired) electrons. The maximum Gasteiger partial charge on any atom is 0.433 e. The third kappa shape index (κ3) is 3.05. The van der Waals surface area contributed by atoms with Gasteiger partial charge in [0.2, 0.25) is 0 Å². The SMILES string of the molecule is FC(F)(F)c1ccc(-c2nc([C@H]3CCCCN3)no2)cn1. The summed E-state index contributed by atoms with van der Waals surface area (Å²) in [5, 5.41) is 7.17. The molecule has 0 saturated carbocycles. The molecule has 2 aromatic heterocycles. The van der Waals surface area contributed by atoms with Crippen molar-refractivity contribution in [3.05, 3.63) is 29.8 Å². The van der Waals surface area contributed by atoms with E-state index in [0.29, 0.717) is 11.4 Å². The second-order valence-corrected chi connectivity index (χ2v) is 4.89. The van der Waals surface area contributed by atoms with E-state index in [1.54, 1.807) is 0 Å². The number of rotatable bonds is 2. The van der Waals surface area contributed by atoms with Crippen molar-refractivity contribution in [1.29, 1.82) is 0 Å². The number of alkyl halides is 3. The highest BCUT2D eigenvalue weighted by Gasteiger charge is 2.32. The van der Waals surface area contributed by atoms with Crippen LogP contribution in [0.3, 0.4) is 0 Å². The van der Waals surface area contributed by atoms with Crippen LogP contribution in [0.15, 0.2) is 22.9 Å². The van der Waals surface area contributed by atoms with Crippen molar-refractivity contribution >= 4 is 0 Å². The molecule has 8 heteroatoms. The summed E-state index contributed by atoms with van der Waals surface area (Å²) < 4.78 is 42.4. The Kier molecular flexibility index (Phi) is 3.62. The summed E-state index contributed by atoms with van der Waals surface area (Å²) in [6, 6.07) is 2.22. The molecule has 5 nitrogen and oxygen atoms in total. The maximum atomic E-state index is 12.4.